The van der Waals surface area contributed by atoms with Crippen molar-refractivity contribution < 1.29 is 0 Å². The Morgan fingerprint density at radius 2 is 1.30 bits per heavy atom. The number of hydrogen-bond donors (Lipinski definition) is 1. The first-order chi connectivity index (χ1) is 13.3. The molecular formula is C25H27NS. The highest BCUT2D eigenvalue weighted by atomic mass is 32.2. The molecule has 3 aromatic rings. The Morgan fingerprint density at radius 1 is 0.704 bits per heavy atom. The van der Waals surface area contributed by atoms with E-state index >= 15 is 0 Å². The largest absolute Gasteiger partial charge is 0.330 e. The van der Waals surface area contributed by atoms with Crippen LogP contribution in [0.5, 0.6) is 0 Å². The lowest BCUT2D eigenvalue weighted by atomic mass is 9.81. The Bertz CT molecular complexity index is 834. The monoisotopic (exact) mass is 373 g/mol. The maximum absolute atomic E-state index is 5.96. The van der Waals surface area contributed by atoms with Crippen LogP contribution < -0.4 is 5.73 Å². The normalized spacial score (nSPS) is 14.0. The number of thioether (sulfide) groups is 1. The van der Waals surface area contributed by atoms with Crippen LogP contribution in [0.15, 0.2) is 78.9 Å². The van der Waals surface area contributed by atoms with E-state index < -0.39 is 0 Å². The van der Waals surface area contributed by atoms with Gasteiger partial charge in [0.1, 0.15) is 0 Å². The maximum Gasteiger partial charge on any atom is 0.0907 e. The van der Waals surface area contributed by atoms with E-state index in [0.717, 1.165) is 5.75 Å². The smallest absolute Gasteiger partial charge is 0.0907 e. The third kappa shape index (κ3) is 3.56. The first kappa shape index (κ1) is 18.3. The van der Waals surface area contributed by atoms with Crippen LogP contribution in [-0.2, 0) is 17.6 Å². The number of aryl methyl sites for hydroxylation is 2. The molecule has 4 rings (SSSR count). The van der Waals surface area contributed by atoms with E-state index in [2.05, 4.69) is 78.9 Å². The maximum atomic E-state index is 5.96. The number of fused-ring (bicyclic) bond motifs is 1. The molecule has 1 nitrogen and oxygen atoms in total. The summed E-state index contributed by atoms with van der Waals surface area (Å²) in [7, 11) is 0. The molecule has 0 radical (unpaired) electrons. The predicted molar refractivity (Wildman–Crippen MR) is 117 cm³/mol. The molecule has 0 atom stereocenters. The van der Waals surface area contributed by atoms with Gasteiger partial charge in [0, 0.05) is 12.3 Å². The molecule has 2 heteroatoms. The van der Waals surface area contributed by atoms with E-state index in [-0.39, 0.29) is 4.75 Å². The van der Waals surface area contributed by atoms with E-state index in [9.17, 15) is 0 Å². The fourth-order valence-corrected chi connectivity index (χ4v) is 5.58. The molecule has 0 bridgehead atoms. The van der Waals surface area contributed by atoms with Gasteiger partial charge in [0.15, 0.2) is 0 Å². The van der Waals surface area contributed by atoms with Crippen LogP contribution in [0.25, 0.3) is 0 Å². The van der Waals surface area contributed by atoms with Gasteiger partial charge in [0.25, 0.3) is 0 Å². The number of benzene rings is 3. The quantitative estimate of drug-likeness (QED) is 0.573. The van der Waals surface area contributed by atoms with Crippen LogP contribution in [0.4, 0.5) is 0 Å². The molecule has 0 spiro atoms. The number of hydrogen-bond acceptors (Lipinski definition) is 2. The van der Waals surface area contributed by atoms with Gasteiger partial charge in [-0.25, -0.2) is 0 Å². The summed E-state index contributed by atoms with van der Waals surface area (Å²) in [5.74, 6) is 0.918. The highest BCUT2D eigenvalue weighted by Crippen LogP contribution is 2.48. The lowest BCUT2D eigenvalue weighted by molar-refractivity contribution is 0.683. The van der Waals surface area contributed by atoms with Crippen molar-refractivity contribution in [1.82, 2.24) is 0 Å². The zero-order valence-corrected chi connectivity index (χ0v) is 16.6. The highest BCUT2D eigenvalue weighted by Gasteiger charge is 2.37. The molecule has 0 unspecified atom stereocenters. The average molecular weight is 374 g/mol. The third-order valence-electron chi connectivity index (χ3n) is 5.55. The fourth-order valence-electron chi connectivity index (χ4n) is 4.26. The van der Waals surface area contributed by atoms with Crippen LogP contribution in [0, 0.1) is 0 Å². The third-order valence-corrected chi connectivity index (χ3v) is 7.13. The van der Waals surface area contributed by atoms with Gasteiger partial charge in [0.2, 0.25) is 0 Å². The van der Waals surface area contributed by atoms with Crippen molar-refractivity contribution in [3.05, 3.63) is 107 Å². The summed E-state index contributed by atoms with van der Waals surface area (Å²) in [4.78, 5) is 0. The zero-order chi connectivity index (χ0) is 18.5. The summed E-state index contributed by atoms with van der Waals surface area (Å²) in [5.41, 5.74) is 13.0. The van der Waals surface area contributed by atoms with Gasteiger partial charge in [-0.2, -0.15) is 0 Å². The van der Waals surface area contributed by atoms with E-state index in [4.69, 9.17) is 5.73 Å². The van der Waals surface area contributed by atoms with Gasteiger partial charge in [-0.05, 0) is 53.5 Å². The second-order valence-corrected chi connectivity index (χ2v) is 8.55. The topological polar surface area (TPSA) is 26.0 Å². The molecule has 0 amide bonds. The van der Waals surface area contributed by atoms with Crippen molar-refractivity contribution in [2.24, 2.45) is 5.73 Å². The molecule has 0 aromatic heterocycles. The van der Waals surface area contributed by atoms with Crippen molar-refractivity contribution >= 4 is 11.8 Å². The van der Waals surface area contributed by atoms with Crippen LogP contribution >= 0.6 is 11.8 Å². The summed E-state index contributed by atoms with van der Waals surface area (Å²) in [6.45, 7) is 0.678. The Morgan fingerprint density at radius 3 is 1.89 bits per heavy atom. The summed E-state index contributed by atoms with van der Waals surface area (Å²) in [6.07, 6.45) is 5.03. The minimum Gasteiger partial charge on any atom is -0.330 e. The molecule has 0 saturated heterocycles. The van der Waals surface area contributed by atoms with Crippen LogP contribution in [0.1, 0.15) is 40.7 Å². The minimum atomic E-state index is -0.228. The lowest BCUT2D eigenvalue weighted by Gasteiger charge is -2.36. The first-order valence-corrected chi connectivity index (χ1v) is 10.9. The predicted octanol–water partition coefficient (Wildman–Crippen LogP) is 5.55. The zero-order valence-electron chi connectivity index (χ0n) is 15.7. The van der Waals surface area contributed by atoms with Gasteiger partial charge >= 0.3 is 0 Å². The number of rotatable bonds is 6. The average Bonchev–Trinajstić information content (AvgIpc) is 2.76. The van der Waals surface area contributed by atoms with Gasteiger partial charge in [-0.15, -0.1) is 11.8 Å². The molecule has 0 heterocycles. The van der Waals surface area contributed by atoms with Crippen molar-refractivity contribution in [2.45, 2.75) is 30.4 Å². The first-order valence-electron chi connectivity index (χ1n) is 9.92. The van der Waals surface area contributed by atoms with Gasteiger partial charge in [0.05, 0.1) is 4.75 Å². The summed E-state index contributed by atoms with van der Waals surface area (Å²) in [5, 5.41) is 0. The Kier molecular flexibility index (Phi) is 5.66. The highest BCUT2D eigenvalue weighted by molar-refractivity contribution is 8.00. The molecule has 1 aliphatic carbocycles. The van der Waals surface area contributed by atoms with E-state index in [1.165, 1.54) is 53.5 Å². The Labute approximate surface area is 167 Å². The fraction of sp³-hybridized carbons (Fsp3) is 0.280. The molecule has 1 aliphatic rings. The van der Waals surface area contributed by atoms with Gasteiger partial charge < -0.3 is 5.73 Å². The molecule has 2 N–H and O–H groups in total. The molecule has 0 fully saturated rings. The summed E-state index contributed by atoms with van der Waals surface area (Å²) < 4.78 is -0.228. The second-order valence-electron chi connectivity index (χ2n) is 7.24. The molecule has 0 aliphatic heterocycles. The SMILES string of the molecule is NCCSC(c1ccccc1)(c1ccccc1)c1ccc2c(c1)CCCC2. The van der Waals surface area contributed by atoms with Crippen molar-refractivity contribution in [2.75, 3.05) is 12.3 Å². The van der Waals surface area contributed by atoms with Gasteiger partial charge in [-0.1, -0.05) is 78.9 Å². The summed E-state index contributed by atoms with van der Waals surface area (Å²) in [6, 6.07) is 29.0. The summed E-state index contributed by atoms with van der Waals surface area (Å²) >= 11 is 1.95. The number of nitrogens with two attached hydrogens (primary N) is 1. The standard InChI is InChI=1S/C25H27NS/c26-17-18-27-25(22-11-3-1-4-12-22,23-13-5-2-6-14-23)24-16-15-20-9-7-8-10-21(20)19-24/h1-6,11-16,19H,7-10,17-18,26H2. The van der Waals surface area contributed by atoms with Gasteiger partial charge in [-0.3, -0.25) is 0 Å². The Hall–Kier alpha value is -2.03. The minimum absolute atomic E-state index is 0.228. The second kappa shape index (κ2) is 8.33. The van der Waals surface area contributed by atoms with Crippen LogP contribution in [0.3, 0.4) is 0 Å². The molecular weight excluding hydrogens is 346 g/mol. The Balaban J connectivity index is 1.94. The lowest BCUT2D eigenvalue weighted by Crippen LogP contribution is -2.27. The molecule has 138 valence electrons. The van der Waals surface area contributed by atoms with E-state index in [0.29, 0.717) is 6.54 Å². The van der Waals surface area contributed by atoms with E-state index in [1.54, 1.807) is 0 Å². The van der Waals surface area contributed by atoms with Crippen LogP contribution in [-0.4, -0.2) is 12.3 Å². The van der Waals surface area contributed by atoms with Crippen molar-refractivity contribution in [3.63, 3.8) is 0 Å². The van der Waals surface area contributed by atoms with Crippen molar-refractivity contribution in [3.8, 4) is 0 Å². The van der Waals surface area contributed by atoms with E-state index in [1.807, 2.05) is 11.8 Å². The molecule has 27 heavy (non-hydrogen) atoms. The molecule has 0 saturated carbocycles. The van der Waals surface area contributed by atoms with Crippen molar-refractivity contribution in [1.29, 1.82) is 0 Å². The van der Waals surface area contributed by atoms with Crippen LogP contribution in [0.2, 0.25) is 0 Å². The molecule has 3 aromatic carbocycles.